The van der Waals surface area contributed by atoms with Gasteiger partial charge >= 0.3 is 0 Å². The molecule has 2 amide bonds. The number of carbonyl (C=O) groups excluding carboxylic acids is 3. The third-order valence-corrected chi connectivity index (χ3v) is 3.71. The first kappa shape index (κ1) is 20.1. The molecule has 0 heterocycles. The second-order valence-electron chi connectivity index (χ2n) is 5.96. The number of ketones is 1. The van der Waals surface area contributed by atoms with Gasteiger partial charge in [0, 0.05) is 19.0 Å². The van der Waals surface area contributed by atoms with E-state index in [4.69, 9.17) is 4.74 Å². The van der Waals surface area contributed by atoms with Gasteiger partial charge in [0.1, 0.15) is 11.6 Å². The second-order valence-corrected chi connectivity index (χ2v) is 5.96. The average molecular weight is 372 g/mol. The molecule has 0 atom stereocenters. The number of halogens is 1. The van der Waals surface area contributed by atoms with Crippen LogP contribution in [0.3, 0.4) is 0 Å². The summed E-state index contributed by atoms with van der Waals surface area (Å²) in [5.74, 6) is -0.859. The molecule has 6 nitrogen and oxygen atoms in total. The van der Waals surface area contributed by atoms with Crippen molar-refractivity contribution in [3.8, 4) is 5.75 Å². The number of nitrogens with one attached hydrogen (secondary N) is 2. The number of carbonyl (C=O) groups is 3. The van der Waals surface area contributed by atoms with Crippen LogP contribution in [0.2, 0.25) is 0 Å². The van der Waals surface area contributed by atoms with Crippen LogP contribution in [0.1, 0.15) is 29.8 Å². The van der Waals surface area contributed by atoms with Crippen molar-refractivity contribution in [1.82, 2.24) is 5.32 Å². The van der Waals surface area contributed by atoms with Crippen LogP contribution in [-0.4, -0.2) is 30.7 Å². The van der Waals surface area contributed by atoms with E-state index < -0.39 is 0 Å². The lowest BCUT2D eigenvalue weighted by Crippen LogP contribution is -2.30. The van der Waals surface area contributed by atoms with Crippen LogP contribution in [0.5, 0.6) is 5.75 Å². The third kappa shape index (κ3) is 6.54. The van der Waals surface area contributed by atoms with Gasteiger partial charge in [-0.15, -0.1) is 0 Å². The Morgan fingerprint density at radius 1 is 1.04 bits per heavy atom. The maximum absolute atomic E-state index is 12.9. The minimum atomic E-state index is -0.348. The Labute approximate surface area is 156 Å². The lowest BCUT2D eigenvalue weighted by Gasteiger charge is -2.13. The average Bonchev–Trinajstić information content (AvgIpc) is 2.62. The van der Waals surface area contributed by atoms with Gasteiger partial charge in [-0.25, -0.2) is 4.39 Å². The number of amides is 2. The summed E-state index contributed by atoms with van der Waals surface area (Å²) < 4.78 is 18.3. The molecule has 0 saturated heterocycles. The zero-order valence-corrected chi connectivity index (χ0v) is 15.2. The van der Waals surface area contributed by atoms with Crippen LogP contribution in [0, 0.1) is 5.82 Å². The highest BCUT2D eigenvalue weighted by molar-refractivity contribution is 5.96. The Morgan fingerprint density at radius 2 is 1.74 bits per heavy atom. The fourth-order valence-corrected chi connectivity index (χ4v) is 2.35. The minimum absolute atomic E-state index is 0.155. The number of hydrogen-bond acceptors (Lipinski definition) is 4. The summed E-state index contributed by atoms with van der Waals surface area (Å²) in [7, 11) is 0. The fourth-order valence-electron chi connectivity index (χ4n) is 2.35. The normalized spacial score (nSPS) is 10.2. The van der Waals surface area contributed by atoms with E-state index >= 15 is 0 Å². The van der Waals surface area contributed by atoms with E-state index in [1.165, 1.54) is 32.0 Å². The predicted molar refractivity (Wildman–Crippen MR) is 99.4 cm³/mol. The Morgan fingerprint density at radius 3 is 2.37 bits per heavy atom. The molecule has 2 rings (SSSR count). The number of anilines is 1. The summed E-state index contributed by atoms with van der Waals surface area (Å²) in [6.45, 7) is 2.88. The molecule has 2 N–H and O–H groups in total. The zero-order chi connectivity index (χ0) is 19.8. The highest BCUT2D eigenvalue weighted by atomic mass is 19.1. The topological polar surface area (TPSA) is 84.5 Å². The smallest absolute Gasteiger partial charge is 0.257 e. The first-order valence-corrected chi connectivity index (χ1v) is 8.41. The number of rotatable bonds is 8. The Balaban J connectivity index is 1.90. The van der Waals surface area contributed by atoms with Crippen LogP contribution >= 0.6 is 0 Å². The molecule has 0 fully saturated rings. The van der Waals surface area contributed by atoms with Gasteiger partial charge in [-0.2, -0.15) is 0 Å². The molecule has 0 aliphatic heterocycles. The molecule has 0 radical (unpaired) electrons. The second kappa shape index (κ2) is 9.47. The van der Waals surface area contributed by atoms with Crippen molar-refractivity contribution in [3.63, 3.8) is 0 Å². The van der Waals surface area contributed by atoms with E-state index in [0.717, 1.165) is 5.56 Å². The van der Waals surface area contributed by atoms with Crippen molar-refractivity contribution >= 4 is 23.3 Å². The molecule has 2 aromatic rings. The first-order valence-electron chi connectivity index (χ1n) is 8.41. The number of Topliss-reactive ketones (excluding diaryl/α,β-unsaturated/α-hetero) is 1. The first-order chi connectivity index (χ1) is 12.8. The highest BCUT2D eigenvalue weighted by Gasteiger charge is 2.11. The summed E-state index contributed by atoms with van der Waals surface area (Å²) in [5, 5.41) is 5.30. The van der Waals surface area contributed by atoms with E-state index in [9.17, 15) is 18.8 Å². The van der Waals surface area contributed by atoms with Crippen LogP contribution in [0.25, 0.3) is 0 Å². The Hall–Kier alpha value is -3.22. The van der Waals surface area contributed by atoms with Gasteiger partial charge in [0.2, 0.25) is 5.91 Å². The molecule has 0 aromatic heterocycles. The molecular weight excluding hydrogens is 351 g/mol. The van der Waals surface area contributed by atoms with Crippen LogP contribution in [-0.2, 0) is 16.0 Å². The van der Waals surface area contributed by atoms with E-state index in [1.54, 1.807) is 24.3 Å². The summed E-state index contributed by atoms with van der Waals surface area (Å²) in [6.07, 6.45) is 0.559. The van der Waals surface area contributed by atoms with Gasteiger partial charge in [0.25, 0.3) is 5.91 Å². The molecular formula is C20H21FN2O4. The Bertz CT molecular complexity index is 834. The maximum Gasteiger partial charge on any atom is 0.257 e. The molecule has 0 bridgehead atoms. The van der Waals surface area contributed by atoms with Crippen LogP contribution in [0.4, 0.5) is 10.1 Å². The van der Waals surface area contributed by atoms with Crippen molar-refractivity contribution in [2.24, 2.45) is 0 Å². The monoisotopic (exact) mass is 372 g/mol. The van der Waals surface area contributed by atoms with Gasteiger partial charge in [-0.1, -0.05) is 12.1 Å². The van der Waals surface area contributed by atoms with Crippen molar-refractivity contribution in [2.45, 2.75) is 20.3 Å². The highest BCUT2D eigenvalue weighted by Crippen LogP contribution is 2.26. The Kier molecular flexibility index (Phi) is 7.05. The zero-order valence-electron chi connectivity index (χ0n) is 15.2. The van der Waals surface area contributed by atoms with E-state index in [1.807, 2.05) is 0 Å². The molecule has 0 aliphatic carbocycles. The largest absolute Gasteiger partial charge is 0.482 e. The maximum atomic E-state index is 12.9. The molecule has 0 aliphatic rings. The van der Waals surface area contributed by atoms with Gasteiger partial charge < -0.3 is 15.4 Å². The van der Waals surface area contributed by atoms with E-state index in [-0.39, 0.29) is 35.8 Å². The molecule has 0 saturated carbocycles. The van der Waals surface area contributed by atoms with E-state index in [0.29, 0.717) is 24.2 Å². The number of benzene rings is 2. The molecule has 0 spiro atoms. The van der Waals surface area contributed by atoms with Gasteiger partial charge in [0.05, 0.1) is 5.69 Å². The molecule has 27 heavy (non-hydrogen) atoms. The van der Waals surface area contributed by atoms with Gasteiger partial charge in [-0.05, 0) is 49.2 Å². The molecule has 7 heteroatoms. The van der Waals surface area contributed by atoms with Crippen LogP contribution < -0.4 is 15.4 Å². The molecule has 142 valence electrons. The molecule has 2 aromatic carbocycles. The van der Waals surface area contributed by atoms with Crippen molar-refractivity contribution in [3.05, 3.63) is 59.4 Å². The fraction of sp³-hybridized carbons (Fsp3) is 0.250. The van der Waals surface area contributed by atoms with Crippen molar-refractivity contribution in [2.75, 3.05) is 18.5 Å². The molecule has 0 unspecified atom stereocenters. The quantitative estimate of drug-likeness (QED) is 0.698. The van der Waals surface area contributed by atoms with E-state index in [2.05, 4.69) is 10.6 Å². The summed E-state index contributed by atoms with van der Waals surface area (Å²) in [5.41, 5.74) is 1.70. The minimum Gasteiger partial charge on any atom is -0.482 e. The van der Waals surface area contributed by atoms with Gasteiger partial charge in [-0.3, -0.25) is 14.4 Å². The summed E-state index contributed by atoms with van der Waals surface area (Å²) >= 11 is 0. The lowest BCUT2D eigenvalue weighted by molar-refractivity contribution is -0.123. The van der Waals surface area contributed by atoms with Gasteiger partial charge in [0.15, 0.2) is 12.4 Å². The third-order valence-electron chi connectivity index (χ3n) is 3.71. The SMILES string of the molecule is CC(=O)Nc1ccc(C(C)=O)cc1OCC(=O)NCCc1ccc(F)cc1. The summed E-state index contributed by atoms with van der Waals surface area (Å²) in [6, 6.07) is 10.7. The lowest BCUT2D eigenvalue weighted by atomic mass is 10.1. The van der Waals surface area contributed by atoms with Crippen molar-refractivity contribution < 1.29 is 23.5 Å². The number of hydrogen-bond donors (Lipinski definition) is 2. The summed E-state index contributed by atoms with van der Waals surface area (Å²) in [4.78, 5) is 34.8. The van der Waals surface area contributed by atoms with Crippen LogP contribution in [0.15, 0.2) is 42.5 Å². The number of ether oxygens (including phenoxy) is 1. The van der Waals surface area contributed by atoms with Crippen molar-refractivity contribution in [1.29, 1.82) is 0 Å². The predicted octanol–water partition coefficient (Wildman–Crippen LogP) is 2.72. The standard InChI is InChI=1S/C20H21FN2O4/c1-13(24)16-5-8-18(23-14(2)25)19(11-16)27-12-20(26)22-10-9-15-3-6-17(21)7-4-15/h3-8,11H,9-10,12H2,1-2H3,(H,22,26)(H,23,25).